The number of carbonyl (C=O) groups is 2. The van der Waals surface area contributed by atoms with Gasteiger partial charge in [-0.3, -0.25) is 9.59 Å². The number of thiophene rings is 1. The summed E-state index contributed by atoms with van der Waals surface area (Å²) in [6, 6.07) is 10.1. The van der Waals surface area contributed by atoms with Crippen molar-refractivity contribution in [3.63, 3.8) is 0 Å². The fraction of sp³-hybridized carbons (Fsp3) is 0.300. The molecule has 2 N–H and O–H groups in total. The Morgan fingerprint density at radius 1 is 1.17 bits per heavy atom. The zero-order chi connectivity index (χ0) is 20.9. The van der Waals surface area contributed by atoms with Crippen LogP contribution in [0.25, 0.3) is 0 Å². The number of hydrogen-bond donors (Lipinski definition) is 2. The summed E-state index contributed by atoms with van der Waals surface area (Å²) in [5, 5.41) is 7.26. The van der Waals surface area contributed by atoms with Gasteiger partial charge in [0.1, 0.15) is 4.21 Å². The van der Waals surface area contributed by atoms with Crippen molar-refractivity contribution in [2.45, 2.75) is 17.1 Å². The van der Waals surface area contributed by atoms with Gasteiger partial charge in [0.15, 0.2) is 0 Å². The molecule has 2 amide bonds. The fourth-order valence-electron chi connectivity index (χ4n) is 3.18. The molecule has 0 spiro atoms. The molecule has 0 bridgehead atoms. The van der Waals surface area contributed by atoms with Gasteiger partial charge in [-0.15, -0.1) is 17.9 Å². The smallest absolute Gasteiger partial charge is 0.253 e. The van der Waals surface area contributed by atoms with Crippen LogP contribution < -0.4 is 10.6 Å². The molecule has 1 saturated heterocycles. The highest BCUT2D eigenvalue weighted by Gasteiger charge is 2.32. The lowest BCUT2D eigenvalue weighted by molar-refractivity contribution is -0.120. The van der Waals surface area contributed by atoms with Gasteiger partial charge in [0.2, 0.25) is 5.91 Å². The molecule has 9 heteroatoms. The molecule has 1 aromatic carbocycles. The van der Waals surface area contributed by atoms with Crippen LogP contribution >= 0.6 is 11.3 Å². The van der Waals surface area contributed by atoms with Crippen molar-refractivity contribution in [2.24, 2.45) is 5.92 Å². The van der Waals surface area contributed by atoms with Crippen molar-refractivity contribution in [1.29, 1.82) is 0 Å². The Morgan fingerprint density at radius 3 is 2.55 bits per heavy atom. The van der Waals surface area contributed by atoms with E-state index in [1.807, 2.05) is 0 Å². The highest BCUT2D eigenvalue weighted by molar-refractivity contribution is 7.91. The van der Waals surface area contributed by atoms with Gasteiger partial charge in [-0.25, -0.2) is 8.42 Å². The van der Waals surface area contributed by atoms with E-state index in [1.165, 1.54) is 15.6 Å². The second-order valence-corrected chi connectivity index (χ2v) is 9.76. The average molecular weight is 434 g/mol. The topological polar surface area (TPSA) is 95.6 Å². The molecule has 7 nitrogen and oxygen atoms in total. The van der Waals surface area contributed by atoms with E-state index in [0.717, 1.165) is 0 Å². The molecule has 0 saturated carbocycles. The number of rotatable bonds is 7. The van der Waals surface area contributed by atoms with Crippen LogP contribution in [-0.2, 0) is 14.8 Å². The summed E-state index contributed by atoms with van der Waals surface area (Å²) >= 11 is 1.19. The molecule has 154 valence electrons. The van der Waals surface area contributed by atoms with Crippen LogP contribution in [0.4, 0.5) is 5.69 Å². The number of anilines is 1. The van der Waals surface area contributed by atoms with Crippen LogP contribution in [0.2, 0.25) is 0 Å². The number of nitrogens with zero attached hydrogens (tertiary/aromatic N) is 1. The second kappa shape index (κ2) is 9.34. The first kappa shape index (κ1) is 21.2. The SMILES string of the molecule is C=CCNC(=O)c1ccccc1NC(=O)C1CCN(S(=O)(=O)c2cccs2)CC1. The Hall–Kier alpha value is -2.49. The predicted molar refractivity (Wildman–Crippen MR) is 113 cm³/mol. The van der Waals surface area contributed by atoms with E-state index in [1.54, 1.807) is 47.9 Å². The molecular formula is C20H23N3O4S2. The summed E-state index contributed by atoms with van der Waals surface area (Å²) in [4.78, 5) is 25.0. The number of amides is 2. The van der Waals surface area contributed by atoms with Crippen LogP contribution in [0.3, 0.4) is 0 Å². The molecule has 0 atom stereocenters. The molecule has 1 aliphatic heterocycles. The second-order valence-electron chi connectivity index (χ2n) is 6.64. The summed E-state index contributed by atoms with van der Waals surface area (Å²) in [6.45, 7) is 4.48. The summed E-state index contributed by atoms with van der Waals surface area (Å²) in [5.74, 6) is -0.811. The third-order valence-corrected chi connectivity index (χ3v) is 8.02. The Labute approximate surface area is 174 Å². The number of benzene rings is 1. The maximum Gasteiger partial charge on any atom is 0.253 e. The number of carbonyl (C=O) groups excluding carboxylic acids is 2. The van der Waals surface area contributed by atoms with Crippen LogP contribution in [0, 0.1) is 5.92 Å². The number of nitrogens with one attached hydrogen (secondary N) is 2. The molecule has 2 heterocycles. The van der Waals surface area contributed by atoms with Crippen molar-refractivity contribution in [1.82, 2.24) is 9.62 Å². The van der Waals surface area contributed by atoms with Crippen LogP contribution in [-0.4, -0.2) is 44.2 Å². The standard InChI is InChI=1S/C20H23N3O4S2/c1-2-11-21-20(25)16-6-3-4-7-17(16)22-19(24)15-9-12-23(13-10-15)29(26,27)18-8-5-14-28-18/h2-8,14-15H,1,9-13H2,(H,21,25)(H,22,24). The van der Waals surface area contributed by atoms with E-state index in [4.69, 9.17) is 0 Å². The molecule has 1 fully saturated rings. The average Bonchev–Trinajstić information content (AvgIpc) is 3.28. The summed E-state index contributed by atoms with van der Waals surface area (Å²) in [6.07, 6.45) is 2.44. The molecule has 2 aromatic rings. The Balaban J connectivity index is 1.62. The lowest BCUT2D eigenvalue weighted by atomic mass is 9.97. The number of hydrogen-bond acceptors (Lipinski definition) is 5. The third kappa shape index (κ3) is 4.92. The summed E-state index contributed by atoms with van der Waals surface area (Å²) < 4.78 is 27.0. The maximum atomic E-state index is 12.7. The molecular weight excluding hydrogens is 410 g/mol. The van der Waals surface area contributed by atoms with Crippen LogP contribution in [0.5, 0.6) is 0 Å². The van der Waals surface area contributed by atoms with Gasteiger partial charge < -0.3 is 10.6 Å². The van der Waals surface area contributed by atoms with Gasteiger partial charge in [0.25, 0.3) is 15.9 Å². The van der Waals surface area contributed by atoms with Crippen LogP contribution in [0.1, 0.15) is 23.2 Å². The van der Waals surface area contributed by atoms with Crippen molar-refractivity contribution in [2.75, 3.05) is 25.0 Å². The first-order valence-electron chi connectivity index (χ1n) is 9.26. The van der Waals surface area contributed by atoms with E-state index < -0.39 is 10.0 Å². The van der Waals surface area contributed by atoms with E-state index in [9.17, 15) is 18.0 Å². The first-order chi connectivity index (χ1) is 13.9. The zero-order valence-electron chi connectivity index (χ0n) is 15.8. The van der Waals surface area contributed by atoms with Crippen molar-refractivity contribution >= 4 is 38.9 Å². The van der Waals surface area contributed by atoms with Gasteiger partial charge >= 0.3 is 0 Å². The summed E-state index contributed by atoms with van der Waals surface area (Å²) in [5.41, 5.74) is 0.813. The van der Waals surface area contributed by atoms with E-state index in [0.29, 0.717) is 47.9 Å². The summed E-state index contributed by atoms with van der Waals surface area (Å²) in [7, 11) is -3.49. The highest BCUT2D eigenvalue weighted by Crippen LogP contribution is 2.27. The van der Waals surface area contributed by atoms with E-state index >= 15 is 0 Å². The number of sulfonamides is 1. The Bertz CT molecular complexity index is 979. The van der Waals surface area contributed by atoms with Crippen molar-refractivity contribution in [3.8, 4) is 0 Å². The normalized spacial score (nSPS) is 15.6. The zero-order valence-corrected chi connectivity index (χ0v) is 17.5. The van der Waals surface area contributed by atoms with Gasteiger partial charge in [-0.05, 0) is 36.4 Å². The van der Waals surface area contributed by atoms with E-state index in [-0.39, 0.29) is 17.7 Å². The minimum absolute atomic E-state index is 0.206. The molecule has 0 radical (unpaired) electrons. The highest BCUT2D eigenvalue weighted by atomic mass is 32.2. The first-order valence-corrected chi connectivity index (χ1v) is 11.6. The van der Waals surface area contributed by atoms with Crippen LogP contribution in [0.15, 0.2) is 58.6 Å². The van der Waals surface area contributed by atoms with Crippen molar-refractivity contribution < 1.29 is 18.0 Å². The minimum atomic E-state index is -3.49. The monoisotopic (exact) mass is 433 g/mol. The number of piperidine rings is 1. The molecule has 1 aliphatic rings. The molecule has 0 unspecified atom stereocenters. The Kier molecular flexibility index (Phi) is 6.83. The van der Waals surface area contributed by atoms with Gasteiger partial charge in [-0.1, -0.05) is 24.3 Å². The lowest BCUT2D eigenvalue weighted by Crippen LogP contribution is -2.41. The molecule has 29 heavy (non-hydrogen) atoms. The lowest BCUT2D eigenvalue weighted by Gasteiger charge is -2.30. The molecule has 3 rings (SSSR count). The maximum absolute atomic E-state index is 12.7. The molecule has 0 aliphatic carbocycles. The Morgan fingerprint density at radius 2 is 1.90 bits per heavy atom. The molecule has 1 aromatic heterocycles. The fourth-order valence-corrected chi connectivity index (χ4v) is 5.80. The minimum Gasteiger partial charge on any atom is -0.349 e. The largest absolute Gasteiger partial charge is 0.349 e. The quantitative estimate of drug-likeness (QED) is 0.657. The van der Waals surface area contributed by atoms with Gasteiger partial charge in [0, 0.05) is 25.6 Å². The van der Waals surface area contributed by atoms with E-state index in [2.05, 4.69) is 17.2 Å². The van der Waals surface area contributed by atoms with Gasteiger partial charge in [-0.2, -0.15) is 4.31 Å². The predicted octanol–water partition coefficient (Wildman–Crippen LogP) is 2.70. The third-order valence-electron chi connectivity index (χ3n) is 4.75. The van der Waals surface area contributed by atoms with Crippen molar-refractivity contribution in [3.05, 3.63) is 60.0 Å². The number of para-hydroxylation sites is 1. The van der Waals surface area contributed by atoms with Gasteiger partial charge in [0.05, 0.1) is 11.3 Å².